The lowest BCUT2D eigenvalue weighted by molar-refractivity contribution is 0.0944. The highest BCUT2D eigenvalue weighted by atomic mass is 16.5. The van der Waals surface area contributed by atoms with Gasteiger partial charge in [0, 0.05) is 19.2 Å². The van der Waals surface area contributed by atoms with Crippen molar-refractivity contribution in [2.45, 2.75) is 6.54 Å². The molecule has 0 aliphatic carbocycles. The maximum absolute atomic E-state index is 12.5. The van der Waals surface area contributed by atoms with Crippen molar-refractivity contribution in [1.29, 1.82) is 0 Å². The van der Waals surface area contributed by atoms with Crippen LogP contribution in [-0.2, 0) is 13.6 Å². The Hall–Kier alpha value is -3.35. The van der Waals surface area contributed by atoms with Crippen molar-refractivity contribution in [2.24, 2.45) is 7.05 Å². The van der Waals surface area contributed by atoms with Crippen molar-refractivity contribution in [3.05, 3.63) is 64.1 Å². The summed E-state index contributed by atoms with van der Waals surface area (Å²) in [6.07, 6.45) is 0. The number of ether oxygens (including phenoxy) is 2. The van der Waals surface area contributed by atoms with Crippen molar-refractivity contribution >= 4 is 16.9 Å². The SMILES string of the molecule is COc1ccc(OC)c(CNC(=O)c2nc3ccccc3n(C)c2=O)c1. The van der Waals surface area contributed by atoms with Gasteiger partial charge in [-0.15, -0.1) is 0 Å². The second kappa shape index (κ2) is 7.26. The van der Waals surface area contributed by atoms with Crippen LogP contribution in [0.25, 0.3) is 11.0 Å². The van der Waals surface area contributed by atoms with E-state index in [1.54, 1.807) is 51.6 Å². The monoisotopic (exact) mass is 353 g/mol. The van der Waals surface area contributed by atoms with E-state index in [4.69, 9.17) is 9.47 Å². The van der Waals surface area contributed by atoms with E-state index < -0.39 is 11.5 Å². The van der Waals surface area contributed by atoms with Crippen LogP contribution in [0.4, 0.5) is 0 Å². The zero-order chi connectivity index (χ0) is 18.7. The number of methoxy groups -OCH3 is 2. The molecule has 1 aromatic heterocycles. The quantitative estimate of drug-likeness (QED) is 0.757. The van der Waals surface area contributed by atoms with Crippen LogP contribution >= 0.6 is 0 Å². The molecular formula is C19H19N3O4. The Labute approximate surface area is 150 Å². The van der Waals surface area contributed by atoms with Crippen LogP contribution in [0.2, 0.25) is 0 Å². The van der Waals surface area contributed by atoms with Gasteiger partial charge in [-0.05, 0) is 30.3 Å². The largest absolute Gasteiger partial charge is 0.497 e. The number of fused-ring (bicyclic) bond motifs is 1. The van der Waals surface area contributed by atoms with Crippen LogP contribution in [0.1, 0.15) is 16.1 Å². The maximum Gasteiger partial charge on any atom is 0.282 e. The molecule has 26 heavy (non-hydrogen) atoms. The Morgan fingerprint density at radius 2 is 1.92 bits per heavy atom. The number of nitrogens with zero attached hydrogens (tertiary/aromatic N) is 2. The highest BCUT2D eigenvalue weighted by Gasteiger charge is 2.16. The van der Waals surface area contributed by atoms with Gasteiger partial charge in [-0.1, -0.05) is 12.1 Å². The fourth-order valence-corrected chi connectivity index (χ4v) is 2.71. The summed E-state index contributed by atoms with van der Waals surface area (Å²) < 4.78 is 11.9. The number of carbonyl (C=O) groups is 1. The van der Waals surface area contributed by atoms with E-state index in [1.807, 2.05) is 12.1 Å². The van der Waals surface area contributed by atoms with E-state index in [-0.39, 0.29) is 12.2 Å². The average molecular weight is 353 g/mol. The predicted octanol–water partition coefficient (Wildman–Crippen LogP) is 1.88. The Morgan fingerprint density at radius 1 is 1.15 bits per heavy atom. The molecule has 0 unspecified atom stereocenters. The summed E-state index contributed by atoms with van der Waals surface area (Å²) in [4.78, 5) is 29.2. The first-order valence-corrected chi connectivity index (χ1v) is 8.00. The summed E-state index contributed by atoms with van der Waals surface area (Å²) in [6, 6.07) is 12.5. The zero-order valence-electron chi connectivity index (χ0n) is 14.8. The molecule has 0 radical (unpaired) electrons. The van der Waals surface area contributed by atoms with Gasteiger partial charge >= 0.3 is 0 Å². The number of amides is 1. The summed E-state index contributed by atoms with van der Waals surface area (Å²) in [5.74, 6) is 0.724. The van der Waals surface area contributed by atoms with Crippen LogP contribution in [-0.4, -0.2) is 29.7 Å². The number of para-hydroxylation sites is 2. The van der Waals surface area contributed by atoms with Crippen LogP contribution in [0.15, 0.2) is 47.3 Å². The molecule has 134 valence electrons. The minimum absolute atomic E-state index is 0.145. The first-order chi connectivity index (χ1) is 12.5. The number of hydrogen-bond acceptors (Lipinski definition) is 5. The van der Waals surface area contributed by atoms with E-state index in [1.165, 1.54) is 4.57 Å². The van der Waals surface area contributed by atoms with Gasteiger partial charge in [-0.2, -0.15) is 0 Å². The number of benzene rings is 2. The van der Waals surface area contributed by atoms with Gasteiger partial charge in [0.1, 0.15) is 11.5 Å². The zero-order valence-corrected chi connectivity index (χ0v) is 14.8. The molecule has 0 saturated carbocycles. The summed E-state index contributed by atoms with van der Waals surface area (Å²) in [5.41, 5.74) is 1.40. The lowest BCUT2D eigenvalue weighted by Gasteiger charge is -2.12. The Balaban J connectivity index is 1.89. The molecule has 7 nitrogen and oxygen atoms in total. The fraction of sp³-hybridized carbons (Fsp3) is 0.211. The van der Waals surface area contributed by atoms with Gasteiger partial charge in [-0.25, -0.2) is 4.98 Å². The summed E-state index contributed by atoms with van der Waals surface area (Å²) in [7, 11) is 4.73. The molecule has 1 N–H and O–H groups in total. The molecule has 0 spiro atoms. The van der Waals surface area contributed by atoms with Gasteiger partial charge in [-0.3, -0.25) is 9.59 Å². The molecule has 0 atom stereocenters. The second-order valence-corrected chi connectivity index (χ2v) is 5.67. The minimum Gasteiger partial charge on any atom is -0.497 e. The van der Waals surface area contributed by atoms with Crippen LogP contribution < -0.4 is 20.3 Å². The third kappa shape index (κ3) is 3.23. The first kappa shape index (κ1) is 17.5. The molecule has 0 bridgehead atoms. The van der Waals surface area contributed by atoms with E-state index in [9.17, 15) is 9.59 Å². The molecule has 0 aliphatic heterocycles. The number of hydrogen-bond donors (Lipinski definition) is 1. The second-order valence-electron chi connectivity index (χ2n) is 5.67. The molecule has 7 heteroatoms. The minimum atomic E-state index is -0.541. The number of rotatable bonds is 5. The van der Waals surface area contributed by atoms with E-state index in [0.29, 0.717) is 22.5 Å². The molecule has 1 heterocycles. The number of carbonyl (C=O) groups excluding carboxylic acids is 1. The topological polar surface area (TPSA) is 82.4 Å². The molecule has 3 rings (SSSR count). The lowest BCUT2D eigenvalue weighted by Crippen LogP contribution is -2.33. The maximum atomic E-state index is 12.5. The van der Waals surface area contributed by atoms with Gasteiger partial charge in [0.05, 0.1) is 25.3 Å². The molecular weight excluding hydrogens is 334 g/mol. The Kier molecular flexibility index (Phi) is 4.88. The van der Waals surface area contributed by atoms with Crippen molar-refractivity contribution in [1.82, 2.24) is 14.9 Å². The number of aromatic nitrogens is 2. The third-order valence-corrected chi connectivity index (χ3v) is 4.12. The van der Waals surface area contributed by atoms with Crippen LogP contribution in [0.3, 0.4) is 0 Å². The average Bonchev–Trinajstić information content (AvgIpc) is 2.68. The van der Waals surface area contributed by atoms with Gasteiger partial charge in [0.25, 0.3) is 11.5 Å². The molecule has 0 fully saturated rings. The van der Waals surface area contributed by atoms with E-state index in [2.05, 4.69) is 10.3 Å². The molecule has 1 amide bonds. The van der Waals surface area contributed by atoms with Crippen molar-refractivity contribution in [2.75, 3.05) is 14.2 Å². The van der Waals surface area contributed by atoms with E-state index >= 15 is 0 Å². The van der Waals surface area contributed by atoms with Crippen molar-refractivity contribution in [3.8, 4) is 11.5 Å². The highest BCUT2D eigenvalue weighted by Crippen LogP contribution is 2.23. The van der Waals surface area contributed by atoms with Crippen molar-refractivity contribution in [3.63, 3.8) is 0 Å². The van der Waals surface area contributed by atoms with Gasteiger partial charge in [0.2, 0.25) is 0 Å². The molecule has 0 saturated heterocycles. The highest BCUT2D eigenvalue weighted by molar-refractivity contribution is 5.93. The first-order valence-electron chi connectivity index (χ1n) is 8.00. The van der Waals surface area contributed by atoms with Gasteiger partial charge in [0.15, 0.2) is 5.69 Å². The number of nitrogens with one attached hydrogen (secondary N) is 1. The summed E-state index contributed by atoms with van der Waals surface area (Å²) in [6.45, 7) is 0.177. The third-order valence-electron chi connectivity index (χ3n) is 4.12. The molecule has 2 aromatic carbocycles. The van der Waals surface area contributed by atoms with Crippen molar-refractivity contribution < 1.29 is 14.3 Å². The standard InChI is InChI=1S/C19H19N3O4/c1-22-15-7-5-4-6-14(15)21-17(19(22)24)18(23)20-11-12-10-13(25-2)8-9-16(12)26-3/h4-10H,11H2,1-3H3,(H,20,23). The van der Waals surface area contributed by atoms with Crippen LogP contribution in [0.5, 0.6) is 11.5 Å². The lowest BCUT2D eigenvalue weighted by atomic mass is 10.2. The molecule has 0 aliphatic rings. The van der Waals surface area contributed by atoms with Gasteiger partial charge < -0.3 is 19.4 Å². The molecule has 3 aromatic rings. The smallest absolute Gasteiger partial charge is 0.282 e. The predicted molar refractivity (Wildman–Crippen MR) is 97.7 cm³/mol. The summed E-state index contributed by atoms with van der Waals surface area (Å²) >= 11 is 0. The normalized spacial score (nSPS) is 10.6. The van der Waals surface area contributed by atoms with Crippen LogP contribution in [0, 0.1) is 0 Å². The number of aryl methyl sites for hydroxylation is 1. The Bertz CT molecular complexity index is 1030. The fourth-order valence-electron chi connectivity index (χ4n) is 2.71. The Morgan fingerprint density at radius 3 is 2.65 bits per heavy atom. The summed E-state index contributed by atoms with van der Waals surface area (Å²) in [5, 5.41) is 2.72. The van der Waals surface area contributed by atoms with E-state index in [0.717, 1.165) is 5.56 Å².